The first kappa shape index (κ1) is 22.8. The van der Waals surface area contributed by atoms with E-state index in [1.165, 1.54) is 0 Å². The lowest BCUT2D eigenvalue weighted by Gasteiger charge is -2.19. The second-order valence-corrected chi connectivity index (χ2v) is 7.45. The number of anilines is 2. The van der Waals surface area contributed by atoms with E-state index in [1.807, 2.05) is 30.3 Å². The number of amides is 4. The molecule has 0 saturated carbocycles. The number of carbonyl (C=O) groups excluding carboxylic acids is 4. The number of benzene rings is 2. The topological polar surface area (TPSA) is 131 Å². The summed E-state index contributed by atoms with van der Waals surface area (Å²) in [6, 6.07) is 15.0. The van der Waals surface area contributed by atoms with Crippen molar-refractivity contribution in [1.29, 1.82) is 0 Å². The number of alkyl carbamates (subject to hydrolysis) is 1. The Morgan fingerprint density at radius 3 is 2.56 bits per heavy atom. The molecule has 1 saturated heterocycles. The Morgan fingerprint density at radius 1 is 1.09 bits per heavy atom. The minimum atomic E-state index is -1.03. The lowest BCUT2D eigenvalue weighted by molar-refractivity contribution is -0.120. The van der Waals surface area contributed by atoms with Crippen molar-refractivity contribution in [3.63, 3.8) is 0 Å². The third kappa shape index (κ3) is 6.56. The van der Waals surface area contributed by atoms with Crippen LogP contribution in [-0.2, 0) is 25.7 Å². The van der Waals surface area contributed by atoms with Gasteiger partial charge in [-0.1, -0.05) is 36.4 Å². The number of rotatable bonds is 9. The lowest BCUT2D eigenvalue weighted by Crippen LogP contribution is -2.44. The number of hydrogen-bond donors (Lipinski definition) is 3. The molecule has 3 rings (SSSR count). The molecule has 1 aliphatic heterocycles. The van der Waals surface area contributed by atoms with Gasteiger partial charge in [-0.2, -0.15) is 0 Å². The minimum Gasteiger partial charge on any atom is -0.445 e. The van der Waals surface area contributed by atoms with Gasteiger partial charge in [0.25, 0.3) is 0 Å². The van der Waals surface area contributed by atoms with Gasteiger partial charge in [-0.3, -0.25) is 14.4 Å². The molecule has 0 unspecified atom stereocenters. The highest BCUT2D eigenvalue weighted by Gasteiger charge is 2.24. The molecule has 0 aliphatic carbocycles. The summed E-state index contributed by atoms with van der Waals surface area (Å²) in [6.07, 6.45) is 0.445. The molecule has 4 N–H and O–H groups in total. The minimum absolute atomic E-state index is 0.0197. The van der Waals surface area contributed by atoms with Crippen LogP contribution in [0.3, 0.4) is 0 Å². The van der Waals surface area contributed by atoms with Gasteiger partial charge < -0.3 is 26.0 Å². The zero-order valence-electron chi connectivity index (χ0n) is 17.6. The Bertz CT molecular complexity index is 979. The number of hydrogen-bond acceptors (Lipinski definition) is 5. The Hall–Kier alpha value is -3.88. The molecule has 9 heteroatoms. The highest BCUT2D eigenvalue weighted by Crippen LogP contribution is 2.24. The summed E-state index contributed by atoms with van der Waals surface area (Å²) in [7, 11) is 0. The quantitative estimate of drug-likeness (QED) is 0.553. The molecule has 9 nitrogen and oxygen atoms in total. The van der Waals surface area contributed by atoms with E-state index >= 15 is 0 Å². The van der Waals surface area contributed by atoms with E-state index in [2.05, 4.69) is 10.6 Å². The largest absolute Gasteiger partial charge is 0.445 e. The smallest absolute Gasteiger partial charge is 0.408 e. The Labute approximate surface area is 185 Å². The fraction of sp³-hybridized carbons (Fsp3) is 0.304. The molecule has 32 heavy (non-hydrogen) atoms. The standard InChI is InChI=1S/C23H26N4O5/c24-20(28)12-11-19(26-23(31)32-15-16-6-2-1-3-7-16)22(30)25-17-8-4-9-18(14-17)27-13-5-10-21(27)29/h1-4,6-9,14,19H,5,10-13,15H2,(H2,24,28)(H,25,30)(H,26,31)/t19-/m0/s1. The van der Waals surface area contributed by atoms with E-state index in [0.29, 0.717) is 24.3 Å². The van der Waals surface area contributed by atoms with E-state index in [9.17, 15) is 19.2 Å². The van der Waals surface area contributed by atoms with Crippen LogP contribution in [0, 0.1) is 0 Å². The first-order valence-electron chi connectivity index (χ1n) is 10.4. The summed E-state index contributed by atoms with van der Waals surface area (Å²) >= 11 is 0. The molecular weight excluding hydrogens is 412 g/mol. The van der Waals surface area contributed by atoms with Crippen LogP contribution in [0.4, 0.5) is 16.2 Å². The van der Waals surface area contributed by atoms with Crippen LogP contribution in [0.15, 0.2) is 54.6 Å². The summed E-state index contributed by atoms with van der Waals surface area (Å²) in [4.78, 5) is 49.9. The van der Waals surface area contributed by atoms with Gasteiger partial charge in [0.1, 0.15) is 12.6 Å². The molecule has 1 aliphatic rings. The third-order valence-corrected chi connectivity index (χ3v) is 5.00. The third-order valence-electron chi connectivity index (χ3n) is 5.00. The molecule has 1 heterocycles. The molecule has 2 aromatic rings. The van der Waals surface area contributed by atoms with Crippen molar-refractivity contribution in [3.05, 3.63) is 60.2 Å². The first-order chi connectivity index (χ1) is 15.4. The number of carbonyl (C=O) groups is 4. The van der Waals surface area contributed by atoms with E-state index in [-0.39, 0.29) is 25.4 Å². The van der Waals surface area contributed by atoms with E-state index in [4.69, 9.17) is 10.5 Å². The molecule has 0 spiro atoms. The second-order valence-electron chi connectivity index (χ2n) is 7.45. The Morgan fingerprint density at radius 2 is 1.88 bits per heavy atom. The van der Waals surface area contributed by atoms with E-state index in [1.54, 1.807) is 29.2 Å². The van der Waals surface area contributed by atoms with Crippen LogP contribution in [0.25, 0.3) is 0 Å². The molecule has 0 bridgehead atoms. The lowest BCUT2D eigenvalue weighted by atomic mass is 10.1. The summed E-state index contributed by atoms with van der Waals surface area (Å²) in [5.74, 6) is -1.07. The van der Waals surface area contributed by atoms with Crippen molar-refractivity contribution < 1.29 is 23.9 Å². The van der Waals surface area contributed by atoms with Crippen molar-refractivity contribution in [2.45, 2.75) is 38.3 Å². The zero-order valence-corrected chi connectivity index (χ0v) is 17.6. The van der Waals surface area contributed by atoms with Crippen LogP contribution in [0.5, 0.6) is 0 Å². The van der Waals surface area contributed by atoms with Gasteiger partial charge in [0.05, 0.1) is 0 Å². The van der Waals surface area contributed by atoms with Gasteiger partial charge >= 0.3 is 6.09 Å². The van der Waals surface area contributed by atoms with Gasteiger partial charge in [0, 0.05) is 30.8 Å². The monoisotopic (exact) mass is 438 g/mol. The number of primary amides is 1. The molecule has 0 aromatic heterocycles. The van der Waals surface area contributed by atoms with Crippen LogP contribution in [0.1, 0.15) is 31.2 Å². The Kier molecular flexibility index (Phi) is 7.80. The molecule has 168 valence electrons. The SMILES string of the molecule is NC(=O)CC[C@H](NC(=O)OCc1ccccc1)C(=O)Nc1cccc(N2CCCC2=O)c1. The molecule has 2 aromatic carbocycles. The van der Waals surface area contributed by atoms with Crippen LogP contribution < -0.4 is 21.3 Å². The van der Waals surface area contributed by atoms with Gasteiger partial charge in [-0.05, 0) is 36.6 Å². The van der Waals surface area contributed by atoms with E-state index in [0.717, 1.165) is 12.0 Å². The maximum atomic E-state index is 12.8. The Balaban J connectivity index is 1.62. The fourth-order valence-corrected chi connectivity index (χ4v) is 3.36. The van der Waals surface area contributed by atoms with Gasteiger partial charge in [0.2, 0.25) is 17.7 Å². The van der Waals surface area contributed by atoms with Gasteiger partial charge in [-0.15, -0.1) is 0 Å². The van der Waals surface area contributed by atoms with Crippen LogP contribution in [-0.4, -0.2) is 36.4 Å². The van der Waals surface area contributed by atoms with Crippen molar-refractivity contribution in [2.24, 2.45) is 5.73 Å². The molecule has 1 atom stereocenters. The van der Waals surface area contributed by atoms with Gasteiger partial charge in [-0.25, -0.2) is 4.79 Å². The molecule has 4 amide bonds. The zero-order chi connectivity index (χ0) is 22.9. The van der Waals surface area contributed by atoms with Gasteiger partial charge in [0.15, 0.2) is 0 Å². The first-order valence-corrected chi connectivity index (χ1v) is 10.4. The normalized spacial score (nSPS) is 14.0. The summed E-state index contributed by atoms with van der Waals surface area (Å²) < 4.78 is 5.17. The summed E-state index contributed by atoms with van der Waals surface area (Å²) in [5.41, 5.74) is 7.17. The highest BCUT2D eigenvalue weighted by molar-refractivity contribution is 5.99. The summed E-state index contributed by atoms with van der Waals surface area (Å²) in [5, 5.41) is 5.22. The van der Waals surface area contributed by atoms with Crippen molar-refractivity contribution in [3.8, 4) is 0 Å². The maximum absolute atomic E-state index is 12.8. The van der Waals surface area contributed by atoms with Crippen LogP contribution in [0.2, 0.25) is 0 Å². The van der Waals surface area contributed by atoms with Crippen molar-refractivity contribution in [2.75, 3.05) is 16.8 Å². The average molecular weight is 438 g/mol. The highest BCUT2D eigenvalue weighted by atomic mass is 16.5. The molecule has 1 fully saturated rings. The molecule has 0 radical (unpaired) electrons. The van der Waals surface area contributed by atoms with Crippen molar-refractivity contribution >= 4 is 35.2 Å². The maximum Gasteiger partial charge on any atom is 0.408 e. The number of nitrogens with two attached hydrogens (primary N) is 1. The number of ether oxygens (including phenoxy) is 1. The molecular formula is C23H26N4O5. The second kappa shape index (κ2) is 10.9. The summed E-state index contributed by atoms with van der Waals surface area (Å²) in [6.45, 7) is 0.676. The van der Waals surface area contributed by atoms with E-state index < -0.39 is 23.9 Å². The fourth-order valence-electron chi connectivity index (χ4n) is 3.36. The average Bonchev–Trinajstić information content (AvgIpc) is 3.21. The number of nitrogens with zero attached hydrogens (tertiary/aromatic N) is 1. The van der Waals surface area contributed by atoms with Crippen molar-refractivity contribution in [1.82, 2.24) is 5.32 Å². The predicted octanol–water partition coefficient (Wildman–Crippen LogP) is 2.31. The number of nitrogens with one attached hydrogen (secondary N) is 2. The van der Waals surface area contributed by atoms with Crippen LogP contribution >= 0.6 is 0 Å². The predicted molar refractivity (Wildman–Crippen MR) is 119 cm³/mol.